The summed E-state index contributed by atoms with van der Waals surface area (Å²) in [7, 11) is 0. The van der Waals surface area contributed by atoms with Gasteiger partial charge in [0.05, 0.1) is 0 Å². The summed E-state index contributed by atoms with van der Waals surface area (Å²) in [4.78, 5) is 0. The van der Waals surface area contributed by atoms with E-state index in [9.17, 15) is 0 Å². The molecule has 0 N–H and O–H groups in total. The van der Waals surface area contributed by atoms with Crippen LogP contribution in [0.4, 0.5) is 0 Å². The van der Waals surface area contributed by atoms with Crippen LogP contribution >= 0.6 is 0 Å². The van der Waals surface area contributed by atoms with E-state index in [0.29, 0.717) is 0 Å². The van der Waals surface area contributed by atoms with Crippen LogP contribution in [0.2, 0.25) is 4.44 Å². The van der Waals surface area contributed by atoms with Crippen molar-refractivity contribution in [3.05, 3.63) is 18.3 Å². The molecule has 0 aliphatic carbocycles. The predicted octanol–water partition coefficient (Wildman–Crippen LogP) is 1.02. The Morgan fingerprint density at radius 3 is 3.09 bits per heavy atom. The van der Waals surface area contributed by atoms with Crippen LogP contribution in [0, 0.1) is 0 Å². The number of aromatic nitrogens is 2. The van der Waals surface area contributed by atoms with Crippen molar-refractivity contribution < 1.29 is 0 Å². The molecule has 0 aliphatic heterocycles. The summed E-state index contributed by atoms with van der Waals surface area (Å²) in [6, 6.07) is 4.09. The maximum absolute atomic E-state index is 4.08. The topological polar surface area (TPSA) is 25.8 Å². The van der Waals surface area contributed by atoms with Gasteiger partial charge in [0.1, 0.15) is 0 Å². The Labute approximate surface area is 77.6 Å². The van der Waals surface area contributed by atoms with Crippen LogP contribution < -0.4 is 3.71 Å². The van der Waals surface area contributed by atoms with Crippen molar-refractivity contribution in [1.29, 1.82) is 0 Å². The summed E-state index contributed by atoms with van der Waals surface area (Å²) >= 11 is -0.357. The molecule has 0 bridgehead atoms. The van der Waals surface area contributed by atoms with Crippen LogP contribution in [0.25, 0.3) is 0 Å². The van der Waals surface area contributed by atoms with Gasteiger partial charge in [-0.2, -0.15) is 0 Å². The maximum atomic E-state index is 4.08. The summed E-state index contributed by atoms with van der Waals surface area (Å²) in [6.45, 7) is 2.23. The van der Waals surface area contributed by atoms with E-state index in [2.05, 4.69) is 23.2 Å². The Hall–Kier alpha value is -0.121. The van der Waals surface area contributed by atoms with Gasteiger partial charge in [0.15, 0.2) is 0 Å². The molecular formula is C8H12N2Sn. The Morgan fingerprint density at radius 1 is 1.55 bits per heavy atom. The number of hydrogen-bond donors (Lipinski definition) is 0. The first-order chi connectivity index (χ1) is 5.43. The van der Waals surface area contributed by atoms with E-state index in [1.807, 2.05) is 6.07 Å². The van der Waals surface area contributed by atoms with Gasteiger partial charge in [-0.3, -0.25) is 0 Å². The second-order valence-electron chi connectivity index (χ2n) is 2.39. The molecule has 0 unspecified atom stereocenters. The first kappa shape index (κ1) is 8.97. The predicted molar refractivity (Wildman–Crippen MR) is 47.1 cm³/mol. The van der Waals surface area contributed by atoms with Crippen LogP contribution in [0.3, 0.4) is 0 Å². The van der Waals surface area contributed by atoms with Crippen molar-refractivity contribution in [2.75, 3.05) is 0 Å². The van der Waals surface area contributed by atoms with Crippen LogP contribution in [-0.4, -0.2) is 31.3 Å². The zero-order chi connectivity index (χ0) is 7.94. The van der Waals surface area contributed by atoms with E-state index in [4.69, 9.17) is 0 Å². The molecule has 0 fully saturated rings. The fourth-order valence-corrected chi connectivity index (χ4v) is 4.01. The molecule has 3 heteroatoms. The molecule has 0 amide bonds. The minimum atomic E-state index is -0.357. The molecule has 0 spiro atoms. The Bertz CT molecular complexity index is 189. The molecule has 0 atom stereocenters. The minimum absolute atomic E-state index is 0.357. The fraction of sp³-hybridized carbons (Fsp3) is 0.500. The number of nitrogens with zero attached hydrogens (tertiary/aromatic N) is 2. The first-order valence-electron chi connectivity index (χ1n) is 3.95. The molecule has 1 aromatic rings. The number of hydrogen-bond acceptors (Lipinski definition) is 2. The zero-order valence-corrected chi connectivity index (χ0v) is 9.60. The van der Waals surface area contributed by atoms with Crippen molar-refractivity contribution in [1.82, 2.24) is 10.2 Å². The molecule has 1 aromatic heterocycles. The molecule has 1 rings (SSSR count). The van der Waals surface area contributed by atoms with Crippen molar-refractivity contribution in [2.45, 2.75) is 24.2 Å². The van der Waals surface area contributed by atoms with Crippen molar-refractivity contribution in [2.24, 2.45) is 0 Å². The SMILES string of the molecule is CCC[CH2][Sn][c]1cccnn1. The number of rotatable bonds is 4. The van der Waals surface area contributed by atoms with Gasteiger partial charge >= 0.3 is 77.6 Å². The Morgan fingerprint density at radius 2 is 2.45 bits per heavy atom. The van der Waals surface area contributed by atoms with Crippen molar-refractivity contribution >= 4 is 24.9 Å². The summed E-state index contributed by atoms with van der Waals surface area (Å²) in [6.07, 6.45) is 4.41. The normalized spacial score (nSPS) is 9.91. The third-order valence-electron chi connectivity index (χ3n) is 1.41. The van der Waals surface area contributed by atoms with E-state index in [1.54, 1.807) is 6.20 Å². The summed E-state index contributed by atoms with van der Waals surface area (Å²) in [5.41, 5.74) is 0. The molecule has 2 radical (unpaired) electrons. The van der Waals surface area contributed by atoms with Gasteiger partial charge in [0, 0.05) is 0 Å². The van der Waals surface area contributed by atoms with E-state index in [0.717, 1.165) is 0 Å². The van der Waals surface area contributed by atoms with Gasteiger partial charge in [-0.25, -0.2) is 0 Å². The van der Waals surface area contributed by atoms with Gasteiger partial charge in [-0.05, 0) is 0 Å². The average Bonchev–Trinajstić information content (AvgIpc) is 2.07. The van der Waals surface area contributed by atoms with Gasteiger partial charge in [-0.1, -0.05) is 0 Å². The second kappa shape index (κ2) is 5.52. The first-order valence-corrected chi connectivity index (χ1v) is 7.39. The van der Waals surface area contributed by atoms with E-state index >= 15 is 0 Å². The van der Waals surface area contributed by atoms with Crippen LogP contribution in [0.15, 0.2) is 18.3 Å². The van der Waals surface area contributed by atoms with Crippen LogP contribution in [0.1, 0.15) is 19.8 Å². The van der Waals surface area contributed by atoms with Crippen LogP contribution in [-0.2, 0) is 0 Å². The zero-order valence-electron chi connectivity index (χ0n) is 6.75. The van der Waals surface area contributed by atoms with Crippen molar-refractivity contribution in [3.8, 4) is 0 Å². The van der Waals surface area contributed by atoms with Crippen LogP contribution in [0.5, 0.6) is 0 Å². The molecule has 11 heavy (non-hydrogen) atoms. The Kier molecular flexibility index (Phi) is 4.50. The Balaban J connectivity index is 2.28. The van der Waals surface area contributed by atoms with Crippen molar-refractivity contribution in [3.63, 3.8) is 0 Å². The second-order valence-corrected chi connectivity index (χ2v) is 6.29. The van der Waals surface area contributed by atoms with Gasteiger partial charge in [0.25, 0.3) is 0 Å². The van der Waals surface area contributed by atoms with E-state index < -0.39 is 0 Å². The molecule has 0 saturated heterocycles. The fourth-order valence-electron chi connectivity index (χ4n) is 0.789. The van der Waals surface area contributed by atoms with Gasteiger partial charge in [-0.15, -0.1) is 0 Å². The summed E-state index contributed by atoms with van der Waals surface area (Å²) < 4.78 is 2.68. The summed E-state index contributed by atoms with van der Waals surface area (Å²) in [5.74, 6) is 0. The molecular weight excluding hydrogens is 243 g/mol. The number of unbranched alkanes of at least 4 members (excludes halogenated alkanes) is 1. The molecule has 0 aromatic carbocycles. The molecule has 1 heterocycles. The molecule has 0 aliphatic rings. The molecule has 0 saturated carbocycles. The van der Waals surface area contributed by atoms with E-state index in [1.165, 1.54) is 21.0 Å². The quantitative estimate of drug-likeness (QED) is 0.593. The monoisotopic (exact) mass is 256 g/mol. The molecule has 2 nitrogen and oxygen atoms in total. The van der Waals surface area contributed by atoms with Gasteiger partial charge < -0.3 is 0 Å². The van der Waals surface area contributed by atoms with Gasteiger partial charge in [0.2, 0.25) is 0 Å². The molecule has 58 valence electrons. The average molecular weight is 255 g/mol. The third kappa shape index (κ3) is 3.70. The standard InChI is InChI=1S/C4H3N2.C4H9.Sn/c1-2-4-6-5-3-1;1-3-4-2;/h1-3H;1,3-4H2,2H3;. The summed E-state index contributed by atoms with van der Waals surface area (Å²) in [5, 5.41) is 7.93. The third-order valence-corrected chi connectivity index (χ3v) is 4.93. The van der Waals surface area contributed by atoms with E-state index in [-0.39, 0.29) is 21.1 Å².